The topological polar surface area (TPSA) is 0 Å². The Labute approximate surface area is 301 Å². The number of rotatable bonds is 0. The maximum absolute atomic E-state index is 0. The van der Waals surface area contributed by atoms with Crippen LogP contribution < -0.4 is 236 Å². The molecule has 0 atom stereocenters. The maximum atomic E-state index is 0. The molecule has 0 amide bonds. The summed E-state index contributed by atoms with van der Waals surface area (Å²) in [7, 11) is 0. The number of halogens is 5. The first-order chi connectivity index (χ1) is 0. The summed E-state index contributed by atoms with van der Waals surface area (Å²) in [6.07, 6.45) is 0. The molecule has 0 saturated carbocycles. The van der Waals surface area contributed by atoms with Crippen LogP contribution in [-0.4, -0.2) is 0 Å². The molecule has 0 fully saturated rings. The molecular weight excluding hydrogens is 361 g/mol. The first kappa shape index (κ1) is 116. The Morgan fingerprint density at radius 3 is 0.231 bits per heavy atom. The molecule has 0 aromatic rings. The van der Waals surface area contributed by atoms with Crippen LogP contribution in [0.5, 0.6) is 0 Å². The predicted octanol–water partition coefficient (Wildman–Crippen LogP) is -21.0. The minimum atomic E-state index is 0. The summed E-state index contributed by atoms with van der Waals surface area (Å²) < 4.78 is 0. The molecule has 13 heteroatoms. The third kappa shape index (κ3) is 90.9. The summed E-state index contributed by atoms with van der Waals surface area (Å²) in [6, 6.07) is 0. The van der Waals surface area contributed by atoms with Crippen molar-refractivity contribution in [1.29, 1.82) is 0 Å². The van der Waals surface area contributed by atoms with E-state index in [4.69, 9.17) is 0 Å². The van der Waals surface area contributed by atoms with E-state index in [0.717, 1.165) is 0 Å². The third-order valence-corrected chi connectivity index (χ3v) is 0. The minimum Gasteiger partial charge on any atom is -1.00 e. The summed E-state index contributed by atoms with van der Waals surface area (Å²) in [5, 5.41) is 0. The SMILES string of the molecule is Cl.Cl.Cl.Cl.Cl.[H-].[H-].[H-].[H-].[H-].[H-].[H-].[H-].[Na+].[Na+].[Na+].[Na+].[Na+].[Na+].[Na+].[Na+]. The first-order valence-electron chi connectivity index (χ1n) is 0. The average molecular weight is 374 g/mol. The van der Waals surface area contributed by atoms with Gasteiger partial charge >= 0.3 is 236 Å². The van der Waals surface area contributed by atoms with Gasteiger partial charge in [-0.15, -0.1) is 62.0 Å². The van der Waals surface area contributed by atoms with E-state index in [1.54, 1.807) is 0 Å². The van der Waals surface area contributed by atoms with Crippen molar-refractivity contribution in [3.05, 3.63) is 0 Å². The Hall–Kier alpha value is 9.45. The van der Waals surface area contributed by atoms with Crippen LogP contribution in [0.25, 0.3) is 0 Å². The van der Waals surface area contributed by atoms with Gasteiger partial charge in [-0.3, -0.25) is 0 Å². The molecule has 0 nitrogen and oxygen atoms in total. The molecule has 0 aliphatic carbocycles. The van der Waals surface area contributed by atoms with E-state index in [9.17, 15) is 0 Å². The van der Waals surface area contributed by atoms with Crippen molar-refractivity contribution in [3.63, 3.8) is 0 Å². The normalized spacial score (nSPS) is 0. The number of hydrogen-bond acceptors (Lipinski definition) is 0. The second kappa shape index (κ2) is 100. The molecule has 0 saturated heterocycles. The van der Waals surface area contributed by atoms with Crippen molar-refractivity contribution in [2.45, 2.75) is 0 Å². The molecule has 0 N–H and O–H groups in total. The molecular formula is H13Cl5Na8. The maximum Gasteiger partial charge on any atom is 1.00 e. The molecule has 0 aliphatic rings. The zero-order valence-corrected chi connectivity index (χ0v) is 30.1. The van der Waals surface area contributed by atoms with E-state index < -0.39 is 0 Å². The van der Waals surface area contributed by atoms with Gasteiger partial charge in [-0.1, -0.05) is 0 Å². The van der Waals surface area contributed by atoms with Crippen LogP contribution in [0.1, 0.15) is 11.4 Å². The minimum absolute atomic E-state index is 0. The van der Waals surface area contributed by atoms with Gasteiger partial charge in [-0.05, 0) is 0 Å². The first-order valence-corrected chi connectivity index (χ1v) is 0. The summed E-state index contributed by atoms with van der Waals surface area (Å²) in [6.45, 7) is 0. The van der Waals surface area contributed by atoms with E-state index in [2.05, 4.69) is 0 Å². The van der Waals surface area contributed by atoms with Crippen LogP contribution in [-0.2, 0) is 0 Å². The van der Waals surface area contributed by atoms with Gasteiger partial charge in [-0.25, -0.2) is 0 Å². The molecule has 0 radical (unpaired) electrons. The molecule has 0 rings (SSSR count). The van der Waals surface area contributed by atoms with Crippen molar-refractivity contribution in [3.8, 4) is 0 Å². The fourth-order valence-corrected chi connectivity index (χ4v) is 0. The Kier molecular flexibility index (Phi) is 894. The van der Waals surface area contributed by atoms with Gasteiger partial charge in [0, 0.05) is 0 Å². The smallest absolute Gasteiger partial charge is 1.00 e. The van der Waals surface area contributed by atoms with Crippen LogP contribution in [0.15, 0.2) is 0 Å². The molecule has 0 bridgehead atoms. The second-order valence-electron chi connectivity index (χ2n) is 0. The van der Waals surface area contributed by atoms with Gasteiger partial charge in [0.05, 0.1) is 0 Å². The Balaban J connectivity index is 0. The zero-order chi connectivity index (χ0) is 0. The molecule has 0 aliphatic heterocycles. The van der Waals surface area contributed by atoms with E-state index >= 15 is 0 Å². The van der Waals surface area contributed by atoms with Gasteiger partial charge in [0.15, 0.2) is 0 Å². The number of hydrogen-bond donors (Lipinski definition) is 0. The van der Waals surface area contributed by atoms with Crippen molar-refractivity contribution in [2.75, 3.05) is 0 Å². The fourth-order valence-electron chi connectivity index (χ4n) is 0. The van der Waals surface area contributed by atoms with Gasteiger partial charge in [-0.2, -0.15) is 0 Å². The van der Waals surface area contributed by atoms with E-state index in [0.29, 0.717) is 0 Å². The van der Waals surface area contributed by atoms with Crippen molar-refractivity contribution in [1.82, 2.24) is 0 Å². The molecule has 0 aromatic heterocycles. The van der Waals surface area contributed by atoms with Crippen molar-refractivity contribution < 1.29 is 248 Å². The molecule has 0 unspecified atom stereocenters. The van der Waals surface area contributed by atoms with E-state index in [1.165, 1.54) is 0 Å². The molecule has 0 aromatic carbocycles. The quantitative estimate of drug-likeness (QED) is 0.370. The van der Waals surface area contributed by atoms with E-state index in [1.807, 2.05) is 0 Å². The monoisotopic (exact) mass is 372 g/mol. The van der Waals surface area contributed by atoms with E-state index in [-0.39, 0.29) is 310 Å². The van der Waals surface area contributed by atoms with Gasteiger partial charge in [0.25, 0.3) is 0 Å². The van der Waals surface area contributed by atoms with Gasteiger partial charge < -0.3 is 11.4 Å². The van der Waals surface area contributed by atoms with Gasteiger partial charge in [0.1, 0.15) is 0 Å². The Morgan fingerprint density at radius 1 is 0.231 bits per heavy atom. The third-order valence-electron chi connectivity index (χ3n) is 0. The molecule has 13 heavy (non-hydrogen) atoms. The summed E-state index contributed by atoms with van der Waals surface area (Å²) in [4.78, 5) is 0. The average Bonchev–Trinajstić information content (AvgIpc) is 0. The summed E-state index contributed by atoms with van der Waals surface area (Å²) >= 11 is 0. The predicted molar refractivity (Wildman–Crippen MR) is 45.1 cm³/mol. The van der Waals surface area contributed by atoms with Crippen LogP contribution in [0.4, 0.5) is 0 Å². The standard InChI is InChI=1S/5ClH.8Na.8H/h5*1H;;;;;;;;;;;;;;;;/q;;;;;8*+1;8*-1. The molecule has 0 heterocycles. The van der Waals surface area contributed by atoms with Crippen molar-refractivity contribution in [2.24, 2.45) is 0 Å². The molecule has 0 spiro atoms. The van der Waals surface area contributed by atoms with Crippen molar-refractivity contribution >= 4 is 62.0 Å². The Morgan fingerprint density at radius 2 is 0.231 bits per heavy atom. The van der Waals surface area contributed by atoms with Crippen LogP contribution in [0.3, 0.4) is 0 Å². The summed E-state index contributed by atoms with van der Waals surface area (Å²) in [5.74, 6) is 0. The van der Waals surface area contributed by atoms with Crippen LogP contribution >= 0.6 is 62.0 Å². The summed E-state index contributed by atoms with van der Waals surface area (Å²) in [5.41, 5.74) is 0. The largest absolute Gasteiger partial charge is 1.00 e. The van der Waals surface area contributed by atoms with Gasteiger partial charge in [0.2, 0.25) is 0 Å². The molecule has 56 valence electrons. The second-order valence-corrected chi connectivity index (χ2v) is 0. The Bertz CT molecular complexity index is 32.6. The zero-order valence-electron chi connectivity index (χ0n) is 18.0. The van der Waals surface area contributed by atoms with Crippen LogP contribution in [0, 0.1) is 0 Å². The van der Waals surface area contributed by atoms with Crippen LogP contribution in [0.2, 0.25) is 0 Å². The fraction of sp³-hybridized carbons (Fsp3) is 0.